The van der Waals surface area contributed by atoms with E-state index in [0.717, 1.165) is 19.3 Å². The Morgan fingerprint density at radius 2 is 2.25 bits per heavy atom. The molecule has 4 N–H and O–H groups in total. The summed E-state index contributed by atoms with van der Waals surface area (Å²) in [4.78, 5) is 34.5. The zero-order chi connectivity index (χ0) is 15.1. The Morgan fingerprint density at radius 3 is 2.75 bits per heavy atom. The summed E-state index contributed by atoms with van der Waals surface area (Å²) in [6.07, 6.45) is 2.66. The van der Waals surface area contributed by atoms with Crippen LogP contribution in [0, 0.1) is 0 Å². The number of unbranched alkanes of at least 4 members (excludes halogenated alkanes) is 1. The monoisotopic (exact) mass is 303 g/mol. The Kier molecular flexibility index (Phi) is 6.80. The molecule has 0 aromatic carbocycles. The minimum Gasteiger partial charge on any atom is -0.480 e. The van der Waals surface area contributed by atoms with Crippen molar-refractivity contribution in [3.8, 4) is 0 Å². The Morgan fingerprint density at radius 1 is 1.55 bits per heavy atom. The molecule has 114 valence electrons. The minimum atomic E-state index is -1.15. The molecule has 0 spiro atoms. The first-order chi connectivity index (χ1) is 9.49. The number of rotatable bonds is 7. The highest BCUT2D eigenvalue weighted by molar-refractivity contribution is 7.80. The number of amides is 2. The van der Waals surface area contributed by atoms with Crippen molar-refractivity contribution in [2.45, 2.75) is 44.3 Å². The van der Waals surface area contributed by atoms with Crippen LogP contribution in [-0.2, 0) is 14.4 Å². The smallest absolute Gasteiger partial charge is 0.327 e. The van der Waals surface area contributed by atoms with Crippen molar-refractivity contribution in [3.05, 3.63) is 0 Å². The fraction of sp³-hybridized carbons (Fsp3) is 0.750. The third-order valence-corrected chi connectivity index (χ3v) is 3.53. The zero-order valence-corrected chi connectivity index (χ0v) is 12.3. The average Bonchev–Trinajstić information content (AvgIpc) is 2.42. The average molecular weight is 303 g/mol. The molecule has 0 radical (unpaired) electrons. The van der Waals surface area contributed by atoms with Crippen molar-refractivity contribution in [2.24, 2.45) is 0 Å². The predicted octanol–water partition coefficient (Wildman–Crippen LogP) is -0.868. The van der Waals surface area contributed by atoms with Gasteiger partial charge >= 0.3 is 5.97 Å². The molecule has 0 aromatic rings. The van der Waals surface area contributed by atoms with Gasteiger partial charge in [0, 0.05) is 12.3 Å². The van der Waals surface area contributed by atoms with Crippen molar-refractivity contribution in [1.82, 2.24) is 16.0 Å². The number of carbonyl (C=O) groups is 3. The number of aliphatic carboxylic acids is 1. The van der Waals surface area contributed by atoms with Crippen LogP contribution in [0.5, 0.6) is 0 Å². The number of piperazine rings is 1. The van der Waals surface area contributed by atoms with Gasteiger partial charge in [0.25, 0.3) is 0 Å². The van der Waals surface area contributed by atoms with Crippen LogP contribution < -0.4 is 16.0 Å². The lowest BCUT2D eigenvalue weighted by Crippen LogP contribution is -2.63. The van der Waals surface area contributed by atoms with Crippen molar-refractivity contribution in [3.63, 3.8) is 0 Å². The van der Waals surface area contributed by atoms with Gasteiger partial charge in [-0.1, -0.05) is 19.8 Å². The van der Waals surface area contributed by atoms with Gasteiger partial charge in [-0.3, -0.25) is 9.59 Å². The van der Waals surface area contributed by atoms with Crippen LogP contribution in [0.2, 0.25) is 0 Å². The Labute approximate surface area is 123 Å². The highest BCUT2D eigenvalue weighted by Gasteiger charge is 2.32. The second-order valence-electron chi connectivity index (χ2n) is 4.75. The Balaban J connectivity index is 2.48. The van der Waals surface area contributed by atoms with Crippen molar-refractivity contribution in [2.75, 3.05) is 12.3 Å². The van der Waals surface area contributed by atoms with Crippen molar-refractivity contribution >= 4 is 30.4 Å². The molecule has 3 atom stereocenters. The van der Waals surface area contributed by atoms with E-state index in [2.05, 4.69) is 28.6 Å². The number of carboxylic acids is 1. The summed E-state index contributed by atoms with van der Waals surface area (Å²) in [5.41, 5.74) is 0. The van der Waals surface area contributed by atoms with Crippen molar-refractivity contribution in [1.29, 1.82) is 0 Å². The van der Waals surface area contributed by atoms with E-state index < -0.39 is 24.0 Å². The molecule has 2 unspecified atom stereocenters. The standard InChI is InChI=1S/C12H21N3O4S/c1-2-3-4-7-10(16)14-8(5-13-7)11(17)15-9(6-20)12(18)19/h7-9,13,20H,2-6H2,1H3,(H,14,16)(H,15,17)(H,18,19)/t7?,8?,9-/m0/s1. The summed E-state index contributed by atoms with van der Waals surface area (Å²) in [7, 11) is 0. The fourth-order valence-electron chi connectivity index (χ4n) is 1.93. The maximum absolute atomic E-state index is 11.9. The van der Waals surface area contributed by atoms with Crippen LogP contribution in [0.4, 0.5) is 0 Å². The summed E-state index contributed by atoms with van der Waals surface area (Å²) < 4.78 is 0. The SMILES string of the molecule is CCCCC1NCC(C(=O)N[C@@H](CS)C(=O)O)NC1=O. The van der Waals surface area contributed by atoms with Crippen LogP contribution >= 0.6 is 12.6 Å². The summed E-state index contributed by atoms with van der Waals surface area (Å²) in [6, 6.07) is -2.08. The van der Waals surface area contributed by atoms with Crippen molar-refractivity contribution < 1.29 is 19.5 Å². The molecule has 0 aromatic heterocycles. The first kappa shape index (κ1) is 16.8. The number of thiol groups is 1. The molecule has 0 bridgehead atoms. The maximum atomic E-state index is 11.9. The second-order valence-corrected chi connectivity index (χ2v) is 5.11. The fourth-order valence-corrected chi connectivity index (χ4v) is 2.18. The van der Waals surface area contributed by atoms with Crippen LogP contribution in [0.25, 0.3) is 0 Å². The van der Waals surface area contributed by atoms with Crippen LogP contribution in [0.1, 0.15) is 26.2 Å². The topological polar surface area (TPSA) is 108 Å². The van der Waals surface area contributed by atoms with E-state index in [9.17, 15) is 14.4 Å². The quantitative estimate of drug-likeness (QED) is 0.393. The van der Waals surface area contributed by atoms with E-state index in [-0.39, 0.29) is 17.7 Å². The van der Waals surface area contributed by atoms with E-state index in [1.807, 2.05) is 6.92 Å². The normalized spacial score (nSPS) is 23.8. The van der Waals surface area contributed by atoms with E-state index >= 15 is 0 Å². The molecule has 1 fully saturated rings. The number of hydrogen-bond donors (Lipinski definition) is 5. The summed E-state index contributed by atoms with van der Waals surface area (Å²) in [5.74, 6) is -1.89. The van der Waals surface area contributed by atoms with E-state index in [1.165, 1.54) is 0 Å². The molecule has 8 heteroatoms. The highest BCUT2D eigenvalue weighted by atomic mass is 32.1. The summed E-state index contributed by atoms with van der Waals surface area (Å²) in [5, 5.41) is 16.8. The molecule has 2 amide bonds. The van der Waals surface area contributed by atoms with Gasteiger partial charge in [-0.2, -0.15) is 12.6 Å². The van der Waals surface area contributed by atoms with Gasteiger partial charge in [-0.05, 0) is 6.42 Å². The molecule has 7 nitrogen and oxygen atoms in total. The Bertz CT molecular complexity index is 378. The molecule has 1 aliphatic rings. The van der Waals surface area contributed by atoms with Gasteiger partial charge in [-0.25, -0.2) is 4.79 Å². The van der Waals surface area contributed by atoms with Crippen LogP contribution in [-0.4, -0.2) is 53.3 Å². The zero-order valence-electron chi connectivity index (χ0n) is 11.4. The van der Waals surface area contributed by atoms with Gasteiger partial charge in [0.15, 0.2) is 0 Å². The minimum absolute atomic E-state index is 0.00566. The van der Waals surface area contributed by atoms with Gasteiger partial charge in [0.05, 0.1) is 6.04 Å². The predicted molar refractivity (Wildman–Crippen MR) is 76.7 cm³/mol. The maximum Gasteiger partial charge on any atom is 0.327 e. The molecule has 1 rings (SSSR count). The highest BCUT2D eigenvalue weighted by Crippen LogP contribution is 2.05. The lowest BCUT2D eigenvalue weighted by Gasteiger charge is -2.30. The molecule has 0 aliphatic carbocycles. The van der Waals surface area contributed by atoms with E-state index in [4.69, 9.17) is 5.11 Å². The first-order valence-corrected chi connectivity index (χ1v) is 7.30. The molecule has 1 aliphatic heterocycles. The van der Waals surface area contributed by atoms with E-state index in [0.29, 0.717) is 6.54 Å². The summed E-state index contributed by atoms with van der Waals surface area (Å²) >= 11 is 3.87. The number of hydrogen-bond acceptors (Lipinski definition) is 5. The summed E-state index contributed by atoms with van der Waals surface area (Å²) in [6.45, 7) is 2.34. The molecule has 0 saturated carbocycles. The lowest BCUT2D eigenvalue weighted by atomic mass is 10.0. The third kappa shape index (κ3) is 4.68. The van der Waals surface area contributed by atoms with Gasteiger partial charge in [0.2, 0.25) is 11.8 Å². The second kappa shape index (κ2) is 8.11. The van der Waals surface area contributed by atoms with Gasteiger partial charge < -0.3 is 21.1 Å². The molecule has 1 heterocycles. The number of nitrogens with one attached hydrogen (secondary N) is 3. The van der Waals surface area contributed by atoms with Gasteiger partial charge in [-0.15, -0.1) is 0 Å². The molecular formula is C12H21N3O4S. The third-order valence-electron chi connectivity index (χ3n) is 3.16. The van der Waals surface area contributed by atoms with E-state index in [1.54, 1.807) is 0 Å². The number of carboxylic acid groups (broad SMARTS) is 1. The molecule has 20 heavy (non-hydrogen) atoms. The number of carbonyl (C=O) groups excluding carboxylic acids is 2. The lowest BCUT2D eigenvalue weighted by molar-refractivity contribution is -0.141. The largest absolute Gasteiger partial charge is 0.480 e. The van der Waals surface area contributed by atoms with Crippen LogP contribution in [0.15, 0.2) is 0 Å². The first-order valence-electron chi connectivity index (χ1n) is 6.67. The molecule has 1 saturated heterocycles. The van der Waals surface area contributed by atoms with Crippen LogP contribution in [0.3, 0.4) is 0 Å². The Hall–Kier alpha value is -1.28. The molecular weight excluding hydrogens is 282 g/mol. The van der Waals surface area contributed by atoms with Gasteiger partial charge in [0.1, 0.15) is 12.1 Å².